The minimum atomic E-state index is -1.54. The number of hydrogen-bond acceptors (Lipinski definition) is 8. The van der Waals surface area contributed by atoms with Gasteiger partial charge in [-0.25, -0.2) is 19.1 Å². The molecule has 0 spiro atoms. The van der Waals surface area contributed by atoms with Crippen LogP contribution in [0.2, 0.25) is 0 Å². The highest BCUT2D eigenvalue weighted by atomic mass is 16.6. The lowest BCUT2D eigenvalue weighted by Crippen LogP contribution is -2.15. The smallest absolute Gasteiger partial charge is 0.357 e. The van der Waals surface area contributed by atoms with Gasteiger partial charge < -0.3 is 14.6 Å². The Balaban J connectivity index is 2.47. The summed E-state index contributed by atoms with van der Waals surface area (Å²) in [5, 5.41) is 25.4. The van der Waals surface area contributed by atoms with Gasteiger partial charge in [-0.1, -0.05) is 24.3 Å². The first-order chi connectivity index (χ1) is 14.8. The molecule has 1 heterocycles. The molecule has 0 aliphatic rings. The highest BCUT2D eigenvalue weighted by Gasteiger charge is 2.35. The summed E-state index contributed by atoms with van der Waals surface area (Å²) >= 11 is 0. The van der Waals surface area contributed by atoms with Gasteiger partial charge in [-0.05, 0) is 24.3 Å². The number of carboxylic acid groups (broad SMARTS) is 1. The monoisotopic (exact) mass is 425 g/mol. The van der Waals surface area contributed by atoms with E-state index in [1.54, 1.807) is 30.3 Å². The molecule has 0 saturated carbocycles. The standard InChI is InChI=1S/C20H15N3O8/c1-30-19(26)14-15(12-9-6-10-13(18(24)25)16(12)23(28)29)21-22(17(14)20(27)31-2)11-7-4-3-5-8-11/h3-10H,1-2H3,(H,24,25). The third-order valence-corrected chi connectivity index (χ3v) is 4.36. The molecule has 1 N–H and O–H groups in total. The lowest BCUT2D eigenvalue weighted by molar-refractivity contribution is -0.384. The molecule has 0 amide bonds. The van der Waals surface area contributed by atoms with Gasteiger partial charge in [0.2, 0.25) is 0 Å². The Labute approximate surface area is 174 Å². The fraction of sp³-hybridized carbons (Fsp3) is 0.100. The lowest BCUT2D eigenvalue weighted by atomic mass is 10.0. The molecular weight excluding hydrogens is 410 g/mol. The maximum Gasteiger partial charge on any atom is 0.357 e. The number of carbonyl (C=O) groups is 3. The summed E-state index contributed by atoms with van der Waals surface area (Å²) < 4.78 is 10.6. The Morgan fingerprint density at radius 3 is 2.19 bits per heavy atom. The summed E-state index contributed by atoms with van der Waals surface area (Å²) in [5.41, 5.74) is -2.33. The van der Waals surface area contributed by atoms with Gasteiger partial charge >= 0.3 is 17.9 Å². The number of nitro groups is 1. The number of esters is 2. The van der Waals surface area contributed by atoms with E-state index in [1.165, 1.54) is 12.1 Å². The van der Waals surface area contributed by atoms with Crippen LogP contribution in [0, 0.1) is 10.1 Å². The van der Waals surface area contributed by atoms with Crippen LogP contribution < -0.4 is 0 Å². The number of methoxy groups -OCH3 is 2. The second-order valence-corrected chi connectivity index (χ2v) is 6.07. The molecule has 31 heavy (non-hydrogen) atoms. The van der Waals surface area contributed by atoms with Gasteiger partial charge in [-0.3, -0.25) is 10.1 Å². The van der Waals surface area contributed by atoms with E-state index >= 15 is 0 Å². The number of aromatic carboxylic acids is 1. The minimum Gasteiger partial charge on any atom is -0.477 e. The maximum atomic E-state index is 12.6. The zero-order valence-corrected chi connectivity index (χ0v) is 16.3. The third kappa shape index (κ3) is 3.71. The molecule has 11 heteroatoms. The first-order valence-electron chi connectivity index (χ1n) is 8.68. The predicted octanol–water partition coefficient (Wildman–Crippen LogP) is 2.72. The maximum absolute atomic E-state index is 12.6. The fourth-order valence-corrected chi connectivity index (χ4v) is 3.05. The fourth-order valence-electron chi connectivity index (χ4n) is 3.05. The number of nitrogens with zero attached hydrogens (tertiary/aromatic N) is 3. The zero-order chi connectivity index (χ0) is 22.7. The number of carboxylic acids is 1. The van der Waals surface area contributed by atoms with Crippen LogP contribution in [0.1, 0.15) is 31.2 Å². The number of nitro benzene ring substituents is 1. The molecule has 0 aliphatic carbocycles. The van der Waals surface area contributed by atoms with Crippen LogP contribution >= 0.6 is 0 Å². The quantitative estimate of drug-likeness (QED) is 0.357. The van der Waals surface area contributed by atoms with E-state index in [0.29, 0.717) is 5.69 Å². The number of benzene rings is 2. The van der Waals surface area contributed by atoms with Crippen molar-refractivity contribution in [2.24, 2.45) is 0 Å². The van der Waals surface area contributed by atoms with Gasteiger partial charge in [0, 0.05) is 0 Å². The molecule has 3 aromatic rings. The van der Waals surface area contributed by atoms with Gasteiger partial charge in [0.15, 0.2) is 5.69 Å². The van der Waals surface area contributed by atoms with Crippen molar-refractivity contribution in [2.45, 2.75) is 0 Å². The summed E-state index contributed by atoms with van der Waals surface area (Å²) in [6.45, 7) is 0. The molecule has 11 nitrogen and oxygen atoms in total. The van der Waals surface area contributed by atoms with Crippen molar-refractivity contribution >= 4 is 23.6 Å². The van der Waals surface area contributed by atoms with Crippen molar-refractivity contribution in [3.8, 4) is 16.9 Å². The molecule has 0 saturated heterocycles. The van der Waals surface area contributed by atoms with E-state index in [2.05, 4.69) is 5.10 Å². The average molecular weight is 425 g/mol. The van der Waals surface area contributed by atoms with Crippen molar-refractivity contribution in [3.63, 3.8) is 0 Å². The van der Waals surface area contributed by atoms with Crippen LogP contribution in [0.25, 0.3) is 16.9 Å². The number of aromatic nitrogens is 2. The molecular formula is C20H15N3O8. The number of hydrogen-bond donors (Lipinski definition) is 1. The Morgan fingerprint density at radius 1 is 1.00 bits per heavy atom. The van der Waals surface area contributed by atoms with E-state index in [4.69, 9.17) is 9.47 Å². The van der Waals surface area contributed by atoms with Crippen LogP contribution in [-0.4, -0.2) is 51.9 Å². The molecule has 0 unspecified atom stereocenters. The SMILES string of the molecule is COC(=O)c1c(-c2cccc(C(=O)O)c2[N+](=O)[O-])nn(-c2ccccc2)c1C(=O)OC. The number of carbonyl (C=O) groups excluding carboxylic acids is 2. The van der Waals surface area contributed by atoms with Crippen LogP contribution in [-0.2, 0) is 9.47 Å². The summed E-state index contributed by atoms with van der Waals surface area (Å²) in [4.78, 5) is 47.6. The van der Waals surface area contributed by atoms with Crippen LogP contribution in [0.3, 0.4) is 0 Å². The summed E-state index contributed by atoms with van der Waals surface area (Å²) in [5.74, 6) is -3.49. The van der Waals surface area contributed by atoms with Crippen molar-refractivity contribution in [1.29, 1.82) is 0 Å². The van der Waals surface area contributed by atoms with Crippen LogP contribution in [0.15, 0.2) is 48.5 Å². The number of rotatable bonds is 6. The highest BCUT2D eigenvalue weighted by molar-refractivity contribution is 6.08. The molecule has 0 bridgehead atoms. The summed E-state index contributed by atoms with van der Waals surface area (Å²) in [6.07, 6.45) is 0. The molecule has 0 fully saturated rings. The molecule has 0 atom stereocenters. The largest absolute Gasteiger partial charge is 0.477 e. The average Bonchev–Trinajstić information content (AvgIpc) is 3.18. The first kappa shape index (κ1) is 21.2. The van der Waals surface area contributed by atoms with E-state index in [1.807, 2.05) is 0 Å². The van der Waals surface area contributed by atoms with Crippen molar-refractivity contribution in [1.82, 2.24) is 9.78 Å². The van der Waals surface area contributed by atoms with Gasteiger partial charge in [0.05, 0.1) is 30.4 Å². The highest BCUT2D eigenvalue weighted by Crippen LogP contribution is 2.36. The van der Waals surface area contributed by atoms with Crippen molar-refractivity contribution < 1.29 is 33.9 Å². The topological polar surface area (TPSA) is 151 Å². The third-order valence-electron chi connectivity index (χ3n) is 4.36. The normalized spacial score (nSPS) is 10.4. The molecule has 0 radical (unpaired) electrons. The second kappa shape index (κ2) is 8.45. The van der Waals surface area contributed by atoms with E-state index in [9.17, 15) is 29.6 Å². The van der Waals surface area contributed by atoms with E-state index in [-0.39, 0.29) is 17.0 Å². The Morgan fingerprint density at radius 2 is 1.65 bits per heavy atom. The molecule has 3 rings (SSSR count). The second-order valence-electron chi connectivity index (χ2n) is 6.07. The molecule has 1 aromatic heterocycles. The molecule has 0 aliphatic heterocycles. The summed E-state index contributed by atoms with van der Waals surface area (Å²) in [7, 11) is 2.16. The lowest BCUT2D eigenvalue weighted by Gasteiger charge is -2.07. The Hall–Kier alpha value is -4.54. The van der Waals surface area contributed by atoms with Gasteiger partial charge in [0.1, 0.15) is 16.8 Å². The van der Waals surface area contributed by atoms with E-state index < -0.39 is 39.6 Å². The molecule has 2 aromatic carbocycles. The Kier molecular flexibility index (Phi) is 5.77. The van der Waals surface area contributed by atoms with Gasteiger partial charge in [0.25, 0.3) is 5.69 Å². The predicted molar refractivity (Wildman–Crippen MR) is 105 cm³/mol. The van der Waals surface area contributed by atoms with Crippen molar-refractivity contribution in [3.05, 3.63) is 75.5 Å². The summed E-state index contributed by atoms with van der Waals surface area (Å²) in [6, 6.07) is 11.8. The number of para-hydroxylation sites is 2. The molecule has 158 valence electrons. The van der Waals surface area contributed by atoms with Gasteiger partial charge in [-0.2, -0.15) is 5.10 Å². The van der Waals surface area contributed by atoms with Crippen LogP contribution in [0.4, 0.5) is 5.69 Å². The number of ether oxygens (including phenoxy) is 2. The minimum absolute atomic E-state index is 0.273. The first-order valence-corrected chi connectivity index (χ1v) is 8.68. The van der Waals surface area contributed by atoms with E-state index in [0.717, 1.165) is 25.0 Å². The van der Waals surface area contributed by atoms with Crippen LogP contribution in [0.5, 0.6) is 0 Å². The zero-order valence-electron chi connectivity index (χ0n) is 16.3. The van der Waals surface area contributed by atoms with Crippen molar-refractivity contribution in [2.75, 3.05) is 14.2 Å². The Bertz CT molecular complexity index is 1200. The van der Waals surface area contributed by atoms with Gasteiger partial charge in [-0.15, -0.1) is 0 Å².